The number of sulfonamides is 1. The van der Waals surface area contributed by atoms with E-state index in [0.29, 0.717) is 0 Å². The van der Waals surface area contributed by atoms with Gasteiger partial charge in [0, 0.05) is 17.5 Å². The van der Waals surface area contributed by atoms with Gasteiger partial charge in [0.25, 0.3) is 0 Å². The molecule has 0 aliphatic heterocycles. The highest BCUT2D eigenvalue weighted by molar-refractivity contribution is 7.89. The van der Waals surface area contributed by atoms with Crippen LogP contribution in [0.4, 0.5) is 0 Å². The van der Waals surface area contributed by atoms with E-state index in [2.05, 4.69) is 0 Å². The Morgan fingerprint density at radius 3 is 2.61 bits per heavy atom. The van der Waals surface area contributed by atoms with Crippen LogP contribution in [0.2, 0.25) is 0 Å². The Morgan fingerprint density at radius 1 is 1.39 bits per heavy atom. The molecule has 0 bridgehead atoms. The molecule has 1 N–H and O–H groups in total. The van der Waals surface area contributed by atoms with Crippen molar-refractivity contribution in [3.8, 4) is 0 Å². The van der Waals surface area contributed by atoms with Crippen LogP contribution < -0.4 is 0 Å². The highest BCUT2D eigenvalue weighted by atomic mass is 32.2. The third kappa shape index (κ3) is 2.93. The van der Waals surface area contributed by atoms with Gasteiger partial charge in [-0.25, -0.2) is 13.2 Å². The fourth-order valence-electron chi connectivity index (χ4n) is 2.67. The van der Waals surface area contributed by atoms with E-state index in [1.54, 1.807) is 0 Å². The summed E-state index contributed by atoms with van der Waals surface area (Å²) < 4.78 is 32.9. The molecule has 1 fully saturated rings. The molecule has 0 unspecified atom stereocenters. The summed E-state index contributed by atoms with van der Waals surface area (Å²) >= 11 is 1.48. The number of thiophene rings is 1. The summed E-state index contributed by atoms with van der Waals surface area (Å²) in [4.78, 5) is 12.2. The zero-order valence-corrected chi connectivity index (χ0v) is 14.4. The topological polar surface area (TPSA) is 87.8 Å². The average molecular weight is 355 g/mol. The smallest absolute Gasteiger partial charge is 0.340 e. The van der Waals surface area contributed by atoms with Gasteiger partial charge in [-0.3, -0.25) is 0 Å². The van der Waals surface area contributed by atoms with Crippen molar-refractivity contribution in [2.75, 3.05) is 0 Å². The highest BCUT2D eigenvalue weighted by Gasteiger charge is 2.42. The number of hydrogen-bond donors (Lipinski definition) is 1. The van der Waals surface area contributed by atoms with Crippen LogP contribution in [0.5, 0.6) is 0 Å². The zero-order valence-electron chi connectivity index (χ0n) is 12.8. The molecule has 8 heteroatoms. The Morgan fingerprint density at radius 2 is 2.09 bits per heavy atom. The summed E-state index contributed by atoms with van der Waals surface area (Å²) in [6.07, 6.45) is 1.59. The maximum Gasteiger partial charge on any atom is 0.340 e. The van der Waals surface area contributed by atoms with E-state index in [0.717, 1.165) is 17.7 Å². The molecule has 23 heavy (non-hydrogen) atoms. The minimum Gasteiger partial charge on any atom is -0.478 e. The summed E-state index contributed by atoms with van der Waals surface area (Å²) in [5.74, 6) is -1.05. The lowest BCUT2D eigenvalue weighted by Gasteiger charge is -2.21. The first-order valence-electron chi connectivity index (χ1n) is 7.20. The Hall–Kier alpha value is -1.64. The van der Waals surface area contributed by atoms with E-state index >= 15 is 0 Å². The van der Waals surface area contributed by atoms with Crippen LogP contribution in [0.15, 0.2) is 26.8 Å². The second-order valence-electron chi connectivity index (χ2n) is 5.58. The molecule has 1 aliphatic carbocycles. The molecule has 0 saturated heterocycles. The largest absolute Gasteiger partial charge is 0.478 e. The van der Waals surface area contributed by atoms with Crippen LogP contribution in [0.1, 0.15) is 39.6 Å². The summed E-state index contributed by atoms with van der Waals surface area (Å²) in [6, 6.07) is 3.67. The van der Waals surface area contributed by atoms with Crippen LogP contribution in [0.25, 0.3) is 0 Å². The van der Waals surface area contributed by atoms with E-state index < -0.39 is 16.0 Å². The number of aryl methyl sites for hydroxylation is 2. The number of rotatable bonds is 6. The van der Waals surface area contributed by atoms with Gasteiger partial charge in [-0.15, -0.1) is 11.3 Å². The number of carboxylic acid groups (broad SMARTS) is 1. The molecule has 2 aromatic heterocycles. The van der Waals surface area contributed by atoms with E-state index in [-0.39, 0.29) is 34.6 Å². The Labute approximate surface area is 138 Å². The minimum atomic E-state index is -3.93. The van der Waals surface area contributed by atoms with Crippen molar-refractivity contribution in [1.29, 1.82) is 0 Å². The van der Waals surface area contributed by atoms with Gasteiger partial charge in [-0.1, -0.05) is 6.07 Å². The van der Waals surface area contributed by atoms with Crippen molar-refractivity contribution in [3.63, 3.8) is 0 Å². The first kappa shape index (κ1) is 16.2. The molecular weight excluding hydrogens is 338 g/mol. The maximum atomic E-state index is 13.1. The number of carboxylic acids is 1. The fourth-order valence-corrected chi connectivity index (χ4v) is 5.49. The second-order valence-corrected chi connectivity index (χ2v) is 8.44. The van der Waals surface area contributed by atoms with Crippen molar-refractivity contribution in [1.82, 2.24) is 4.31 Å². The predicted molar refractivity (Wildman–Crippen MR) is 85.2 cm³/mol. The minimum absolute atomic E-state index is 0.0710. The van der Waals surface area contributed by atoms with E-state index in [9.17, 15) is 18.3 Å². The van der Waals surface area contributed by atoms with Crippen molar-refractivity contribution < 1.29 is 22.7 Å². The third-order valence-electron chi connectivity index (χ3n) is 3.83. The lowest BCUT2D eigenvalue weighted by molar-refractivity contribution is 0.0691. The van der Waals surface area contributed by atoms with Gasteiger partial charge in [-0.05, 0) is 38.1 Å². The van der Waals surface area contributed by atoms with E-state index in [1.807, 2.05) is 17.5 Å². The summed E-state index contributed by atoms with van der Waals surface area (Å²) in [7, 11) is -3.93. The molecule has 0 atom stereocenters. The van der Waals surface area contributed by atoms with Crippen LogP contribution in [0, 0.1) is 13.8 Å². The van der Waals surface area contributed by atoms with E-state index in [4.69, 9.17) is 4.42 Å². The molecule has 2 aromatic rings. The molecule has 0 amide bonds. The van der Waals surface area contributed by atoms with Crippen molar-refractivity contribution in [3.05, 3.63) is 39.5 Å². The molecule has 0 radical (unpaired) electrons. The van der Waals surface area contributed by atoms with Gasteiger partial charge in [-0.2, -0.15) is 4.31 Å². The van der Waals surface area contributed by atoms with Gasteiger partial charge in [0.05, 0.1) is 0 Å². The molecule has 1 aliphatic rings. The first-order valence-corrected chi connectivity index (χ1v) is 9.52. The third-order valence-corrected chi connectivity index (χ3v) is 6.74. The summed E-state index contributed by atoms with van der Waals surface area (Å²) in [6.45, 7) is 3.21. The van der Waals surface area contributed by atoms with Crippen LogP contribution >= 0.6 is 11.3 Å². The maximum absolute atomic E-state index is 13.1. The number of aromatic carboxylic acids is 1. The quantitative estimate of drug-likeness (QED) is 0.860. The standard InChI is InChI=1S/C15H17NO5S2/c1-9-13(15(17)18)14(10(2)21-9)23(19,20)16(11-5-6-11)8-12-4-3-7-22-12/h3-4,7,11H,5-6,8H2,1-2H3,(H,17,18). The molecule has 6 nitrogen and oxygen atoms in total. The van der Waals surface area contributed by atoms with Crippen molar-refractivity contribution in [2.24, 2.45) is 0 Å². The van der Waals surface area contributed by atoms with Gasteiger partial charge in [0.2, 0.25) is 10.0 Å². The van der Waals surface area contributed by atoms with Crippen LogP contribution in [-0.2, 0) is 16.6 Å². The molecule has 0 aromatic carbocycles. The van der Waals surface area contributed by atoms with Crippen molar-refractivity contribution >= 4 is 27.3 Å². The number of carbonyl (C=O) groups is 1. The molecule has 1 saturated carbocycles. The average Bonchev–Trinajstić information content (AvgIpc) is 3.05. The Kier molecular flexibility index (Phi) is 4.07. The molecule has 2 heterocycles. The Balaban J connectivity index is 2.07. The predicted octanol–water partition coefficient (Wildman–Crippen LogP) is 3.01. The van der Waals surface area contributed by atoms with E-state index in [1.165, 1.54) is 29.5 Å². The normalized spacial score (nSPS) is 15.3. The fraction of sp³-hybridized carbons (Fsp3) is 0.400. The van der Waals surface area contributed by atoms with Crippen LogP contribution in [0.3, 0.4) is 0 Å². The lowest BCUT2D eigenvalue weighted by Crippen LogP contribution is -2.33. The number of hydrogen-bond acceptors (Lipinski definition) is 5. The number of furan rings is 1. The lowest BCUT2D eigenvalue weighted by atomic mass is 10.2. The molecule has 124 valence electrons. The van der Waals surface area contributed by atoms with Gasteiger partial charge >= 0.3 is 5.97 Å². The van der Waals surface area contributed by atoms with Crippen LogP contribution in [-0.4, -0.2) is 29.8 Å². The number of nitrogens with zero attached hydrogens (tertiary/aromatic N) is 1. The van der Waals surface area contributed by atoms with Gasteiger partial charge in [0.15, 0.2) is 0 Å². The van der Waals surface area contributed by atoms with Crippen molar-refractivity contribution in [2.45, 2.75) is 44.2 Å². The highest BCUT2D eigenvalue weighted by Crippen LogP contribution is 2.37. The first-order chi connectivity index (χ1) is 10.8. The summed E-state index contributed by atoms with van der Waals surface area (Å²) in [5, 5.41) is 11.3. The van der Waals surface area contributed by atoms with Gasteiger partial charge < -0.3 is 9.52 Å². The Bertz CT molecular complexity index is 832. The monoisotopic (exact) mass is 355 g/mol. The SMILES string of the molecule is Cc1oc(C)c(S(=O)(=O)N(Cc2cccs2)C2CC2)c1C(=O)O. The second kappa shape index (κ2) is 5.77. The zero-order chi connectivity index (χ0) is 16.8. The molecule has 3 rings (SSSR count). The molecular formula is C15H17NO5S2. The summed E-state index contributed by atoms with van der Waals surface area (Å²) in [5.41, 5.74) is -0.265. The molecule has 0 spiro atoms. The van der Waals surface area contributed by atoms with Gasteiger partial charge in [0.1, 0.15) is 22.0 Å².